The number of aryl methyl sites for hydroxylation is 2. The smallest absolute Gasteiger partial charge is 0.520 e. The molecule has 0 heterocycles. The predicted molar refractivity (Wildman–Crippen MR) is 221 cm³/mol. The van der Waals surface area contributed by atoms with E-state index < -0.39 is 4.92 Å². The first kappa shape index (κ1) is 53.2. The first-order valence-electron chi connectivity index (χ1n) is 17.8. The van der Waals surface area contributed by atoms with Crippen molar-refractivity contribution in [3.8, 4) is 5.75 Å². The minimum Gasteiger partial charge on any atom is -0.520 e. The summed E-state index contributed by atoms with van der Waals surface area (Å²) in [5, 5.41) is 11.3. The zero-order chi connectivity index (χ0) is 37.9. The Morgan fingerprint density at radius 1 is 0.923 bits per heavy atom. The Balaban J connectivity index is -0.000000947. The normalized spacial score (nSPS) is 9.69. The van der Waals surface area contributed by atoms with Crippen molar-refractivity contribution >= 4 is 45.8 Å². The van der Waals surface area contributed by atoms with Crippen LogP contribution in [0.4, 0.5) is 28.4 Å². The molecular weight excluding hydrogens is 900 g/mol. The molecule has 52 heavy (non-hydrogen) atoms. The number of unbranched alkanes of at least 4 members (excludes halogenated alkanes) is 3. The number of hydrazine groups is 2. The van der Waals surface area contributed by atoms with Gasteiger partial charge in [0.1, 0.15) is 0 Å². The maximum absolute atomic E-state index is 11.1. The number of rotatable bonds is 16. The number of nitro groups is 1. The second kappa shape index (κ2) is 32.5. The van der Waals surface area contributed by atoms with E-state index in [1.54, 1.807) is 25.3 Å². The molecule has 0 amide bonds. The van der Waals surface area contributed by atoms with Gasteiger partial charge in [-0.15, -0.1) is 12.1 Å². The summed E-state index contributed by atoms with van der Waals surface area (Å²) in [4.78, 5) is 21.5. The number of hydrogen-bond donors (Lipinski definition) is 4. The molecule has 0 saturated carbocycles. The minimum absolute atomic E-state index is 0. The molecular formula is C41H64ClN5O4U. The van der Waals surface area contributed by atoms with Gasteiger partial charge < -0.3 is 33.9 Å². The van der Waals surface area contributed by atoms with E-state index >= 15 is 0 Å². The van der Waals surface area contributed by atoms with Crippen LogP contribution in [-0.2, 0) is 11.2 Å². The fourth-order valence-electron chi connectivity index (χ4n) is 3.87. The van der Waals surface area contributed by atoms with Crippen LogP contribution >= 0.6 is 11.6 Å². The van der Waals surface area contributed by atoms with Crippen molar-refractivity contribution in [2.45, 2.75) is 114 Å². The van der Waals surface area contributed by atoms with Gasteiger partial charge in [0.25, 0.3) is 5.69 Å². The first-order valence-corrected chi connectivity index (χ1v) is 18.2. The Kier molecular flexibility index (Phi) is 33.2. The van der Waals surface area contributed by atoms with E-state index in [0.29, 0.717) is 41.6 Å². The molecule has 0 aliphatic heterocycles. The van der Waals surface area contributed by atoms with Crippen molar-refractivity contribution in [1.82, 2.24) is 0 Å². The van der Waals surface area contributed by atoms with Crippen LogP contribution in [0.3, 0.4) is 0 Å². The number of hydrogen-bond acceptors (Lipinski definition) is 8. The van der Waals surface area contributed by atoms with E-state index in [9.17, 15) is 14.9 Å². The number of carbonyl (C=O) groups excluding carboxylic acids is 1. The number of nitro benzene ring substituents is 1. The summed E-state index contributed by atoms with van der Waals surface area (Å²) in [7, 11) is 1.56. The number of anilines is 4. The predicted octanol–water partition coefficient (Wildman–Crippen LogP) is 12.8. The summed E-state index contributed by atoms with van der Waals surface area (Å²) in [5.41, 5.74) is 16.9. The number of halogens is 1. The molecule has 0 aliphatic carbocycles. The molecule has 4 N–H and O–H groups in total. The van der Waals surface area contributed by atoms with E-state index in [-0.39, 0.29) is 55.0 Å². The Morgan fingerprint density at radius 2 is 1.54 bits per heavy atom. The fraction of sp³-hybridized carbons (Fsp3) is 0.463. The molecule has 0 aromatic heterocycles. The SMILES string of the molecule is CCCC.CCCC(=O)/C=C\C(C)C.CCCCC.CCc1cc([N+](=O)[O-])cc(Cl)c1NNc1c[c-]c(NNc2ccc(C)cc2)cc1OC.[CH3-].[U+2]. The largest absolute Gasteiger partial charge is 2.00 e. The molecule has 3 rings (SSSR count). The molecule has 0 bridgehead atoms. The molecule has 0 spiro atoms. The summed E-state index contributed by atoms with van der Waals surface area (Å²) in [5.74, 6) is 1.30. The summed E-state index contributed by atoms with van der Waals surface area (Å²) < 4.78 is 5.47. The van der Waals surface area contributed by atoms with Crippen LogP contribution in [0, 0.1) is 67.6 Å². The maximum Gasteiger partial charge on any atom is 2.00 e. The number of nitrogens with one attached hydrogen (secondary N) is 4. The third kappa shape index (κ3) is 23.4. The maximum atomic E-state index is 11.1. The van der Waals surface area contributed by atoms with Crippen LogP contribution < -0.4 is 26.4 Å². The summed E-state index contributed by atoms with van der Waals surface area (Å²) >= 11 is 6.27. The molecule has 0 atom stereocenters. The second-order valence-corrected chi connectivity index (χ2v) is 12.3. The number of non-ortho nitro benzene ring substituents is 1. The molecule has 0 unspecified atom stereocenters. The van der Waals surface area contributed by atoms with Crippen LogP contribution in [0.2, 0.25) is 5.02 Å². The number of allylic oxidation sites excluding steroid dienone is 2. The topological polar surface area (TPSA) is 118 Å². The van der Waals surface area contributed by atoms with E-state index in [2.05, 4.69) is 69.3 Å². The van der Waals surface area contributed by atoms with Crippen LogP contribution in [0.25, 0.3) is 0 Å². The third-order valence-electron chi connectivity index (χ3n) is 6.97. The summed E-state index contributed by atoms with van der Waals surface area (Å²) in [6, 6.07) is 17.4. The number of nitrogens with zero attached hydrogens (tertiary/aromatic N) is 1. The van der Waals surface area contributed by atoms with E-state index in [0.717, 1.165) is 17.7 Å². The van der Waals surface area contributed by atoms with Gasteiger partial charge in [-0.25, -0.2) is 0 Å². The van der Waals surface area contributed by atoms with Gasteiger partial charge in [-0.3, -0.25) is 14.9 Å². The van der Waals surface area contributed by atoms with Crippen LogP contribution in [0.1, 0.15) is 111 Å². The van der Waals surface area contributed by atoms with E-state index in [1.165, 1.54) is 49.8 Å². The van der Waals surface area contributed by atoms with Gasteiger partial charge in [-0.2, -0.15) is 6.07 Å². The fourth-order valence-corrected chi connectivity index (χ4v) is 4.15. The number of methoxy groups -OCH3 is 1. The quantitative estimate of drug-likeness (QED) is 0.0485. The molecule has 11 heteroatoms. The van der Waals surface area contributed by atoms with Crippen molar-refractivity contribution in [3.05, 3.63) is 100 Å². The molecule has 3 aromatic rings. The average molecular weight is 964 g/mol. The molecule has 0 radical (unpaired) electrons. The molecule has 9 nitrogen and oxygen atoms in total. The van der Waals surface area contributed by atoms with Crippen molar-refractivity contribution in [2.75, 3.05) is 28.8 Å². The molecule has 3 aromatic carbocycles. The Morgan fingerprint density at radius 3 is 2.00 bits per heavy atom. The Labute approximate surface area is 344 Å². The Hall–Kier alpha value is -3.19. The van der Waals surface area contributed by atoms with Gasteiger partial charge in [-0.1, -0.05) is 129 Å². The van der Waals surface area contributed by atoms with Gasteiger partial charge in [0.05, 0.1) is 28.4 Å². The third-order valence-corrected chi connectivity index (χ3v) is 7.27. The van der Waals surface area contributed by atoms with Crippen molar-refractivity contribution in [2.24, 2.45) is 5.92 Å². The van der Waals surface area contributed by atoms with Gasteiger partial charge in [0, 0.05) is 24.3 Å². The van der Waals surface area contributed by atoms with E-state index in [1.807, 2.05) is 51.1 Å². The first-order chi connectivity index (χ1) is 23.9. The van der Waals surface area contributed by atoms with Crippen molar-refractivity contribution < 1.29 is 45.6 Å². The summed E-state index contributed by atoms with van der Waals surface area (Å²) in [6.45, 7) is 18.9. The number of carbonyl (C=O) groups is 1. The standard InChI is InChI=1S/C22H23ClN5O3.C9H16O.C5H12.C4H10.CH3.U/c1-4-15-11-18(28(29)30)13-19(23)22(15)27-26-20-10-9-17(12-21(20)31-3)25-24-16-7-5-14(2)6-8-16;1-4-5-9(10)7-6-8(2)3;1-3-5-4-2;1-3-4-2;;/h5-8,10-13,24-27H,4H2,1-3H3;6-8H,4-5H2,1-3H3;3-5H2,1-2H3;3-4H2,1-2H3;1H3;/q-1;;;;-1;+2/b;7-6-;;;;. The van der Waals surface area contributed by atoms with Crippen LogP contribution in [0.15, 0.2) is 60.7 Å². The zero-order valence-corrected chi connectivity index (χ0v) is 38.4. The van der Waals surface area contributed by atoms with Gasteiger partial charge in [0.15, 0.2) is 5.78 Å². The number of ether oxygens (including phenoxy) is 1. The Bertz CT molecular complexity index is 1420. The average Bonchev–Trinajstić information content (AvgIpc) is 3.11. The number of ketones is 1. The molecule has 0 saturated heterocycles. The summed E-state index contributed by atoms with van der Waals surface area (Å²) in [6.07, 6.45) is 12.5. The zero-order valence-electron chi connectivity index (χ0n) is 33.5. The minimum atomic E-state index is -0.462. The van der Waals surface area contributed by atoms with Crippen LogP contribution in [-0.4, -0.2) is 17.8 Å². The second-order valence-electron chi connectivity index (χ2n) is 11.9. The molecule has 0 aliphatic rings. The van der Waals surface area contributed by atoms with E-state index in [4.69, 9.17) is 16.3 Å². The van der Waals surface area contributed by atoms with Crippen molar-refractivity contribution in [3.63, 3.8) is 0 Å². The number of benzene rings is 3. The van der Waals surface area contributed by atoms with Crippen LogP contribution in [0.5, 0.6) is 5.75 Å². The van der Waals surface area contributed by atoms with Gasteiger partial charge in [0.2, 0.25) is 0 Å². The molecule has 288 valence electrons. The van der Waals surface area contributed by atoms with Gasteiger partial charge in [-0.05, 0) is 55.1 Å². The monoisotopic (exact) mass is 964 g/mol. The van der Waals surface area contributed by atoms with Gasteiger partial charge >= 0.3 is 31.1 Å². The van der Waals surface area contributed by atoms with Crippen molar-refractivity contribution in [1.29, 1.82) is 0 Å². The molecule has 0 fully saturated rings.